The molecule has 0 aliphatic heterocycles. The minimum atomic E-state index is 0.130. The van der Waals surface area contributed by atoms with Crippen LogP contribution in [0.1, 0.15) is 6.92 Å². The Hall–Kier alpha value is -1.53. The molecule has 0 radical (unpaired) electrons. The highest BCUT2D eigenvalue weighted by atomic mass is 35.5. The summed E-state index contributed by atoms with van der Waals surface area (Å²) < 4.78 is 0. The van der Waals surface area contributed by atoms with Gasteiger partial charge in [0.15, 0.2) is 5.11 Å². The summed E-state index contributed by atoms with van der Waals surface area (Å²) in [7, 11) is 0. The van der Waals surface area contributed by atoms with E-state index in [1.165, 1.54) is 0 Å². The number of benzene rings is 2. The van der Waals surface area contributed by atoms with Gasteiger partial charge in [-0.15, -0.1) is 0 Å². The number of rotatable bonds is 6. The van der Waals surface area contributed by atoms with E-state index in [0.29, 0.717) is 21.7 Å². The van der Waals surface area contributed by atoms with E-state index in [1.54, 1.807) is 18.2 Å². The van der Waals surface area contributed by atoms with E-state index in [0.717, 1.165) is 23.6 Å². The summed E-state index contributed by atoms with van der Waals surface area (Å²) in [5.74, 6) is 0. The number of aliphatic hydroxyl groups excluding tert-OH is 1. The van der Waals surface area contributed by atoms with Crippen molar-refractivity contribution >= 4 is 57.6 Å². The lowest BCUT2D eigenvalue weighted by Crippen LogP contribution is -2.26. The molecule has 2 aromatic carbocycles. The van der Waals surface area contributed by atoms with Crippen LogP contribution in [0.2, 0.25) is 10.0 Å². The number of nitrogens with one attached hydrogen (secondary N) is 2. The van der Waals surface area contributed by atoms with Crippen LogP contribution in [-0.2, 0) is 0 Å². The molecule has 0 heterocycles. The van der Waals surface area contributed by atoms with Gasteiger partial charge in [0.2, 0.25) is 0 Å². The van der Waals surface area contributed by atoms with Crippen LogP contribution in [0.25, 0.3) is 0 Å². The van der Waals surface area contributed by atoms with Gasteiger partial charge in [0.25, 0.3) is 0 Å². The molecule has 2 aromatic rings. The quantitative estimate of drug-likeness (QED) is 0.635. The lowest BCUT2D eigenvalue weighted by molar-refractivity contribution is 0.302. The van der Waals surface area contributed by atoms with Crippen LogP contribution in [0.5, 0.6) is 0 Å². The van der Waals surface area contributed by atoms with E-state index in [4.69, 9.17) is 40.5 Å². The zero-order chi connectivity index (χ0) is 17.5. The fourth-order valence-electron chi connectivity index (χ4n) is 2.21. The molecule has 0 spiro atoms. The molecule has 0 saturated heterocycles. The molecule has 0 saturated carbocycles. The summed E-state index contributed by atoms with van der Waals surface area (Å²) in [6, 6.07) is 13.1. The van der Waals surface area contributed by atoms with Crippen LogP contribution in [0.4, 0.5) is 17.1 Å². The second kappa shape index (κ2) is 9.08. The van der Waals surface area contributed by atoms with Crippen LogP contribution in [0.3, 0.4) is 0 Å². The van der Waals surface area contributed by atoms with Crippen LogP contribution < -0.4 is 15.5 Å². The van der Waals surface area contributed by atoms with Crippen molar-refractivity contribution in [2.24, 2.45) is 0 Å². The zero-order valence-electron chi connectivity index (χ0n) is 13.2. The highest BCUT2D eigenvalue weighted by Gasteiger charge is 2.05. The number of hydrogen-bond acceptors (Lipinski definition) is 3. The Labute approximate surface area is 157 Å². The smallest absolute Gasteiger partial charge is 0.175 e. The first-order valence-electron chi connectivity index (χ1n) is 7.52. The Morgan fingerprint density at radius 1 is 1.04 bits per heavy atom. The molecule has 3 N–H and O–H groups in total. The molecule has 7 heteroatoms. The summed E-state index contributed by atoms with van der Waals surface area (Å²) in [6.45, 7) is 3.63. The third-order valence-corrected chi connectivity index (χ3v) is 4.36. The van der Waals surface area contributed by atoms with Crippen LogP contribution in [0.15, 0.2) is 42.5 Å². The van der Waals surface area contributed by atoms with Gasteiger partial charge in [0.05, 0.1) is 16.7 Å². The van der Waals surface area contributed by atoms with Crippen LogP contribution in [-0.4, -0.2) is 29.9 Å². The Morgan fingerprint density at radius 2 is 1.67 bits per heavy atom. The van der Waals surface area contributed by atoms with Crippen molar-refractivity contribution in [3.8, 4) is 0 Å². The van der Waals surface area contributed by atoms with E-state index in [9.17, 15) is 0 Å². The Morgan fingerprint density at radius 3 is 2.25 bits per heavy atom. The van der Waals surface area contributed by atoms with Crippen molar-refractivity contribution in [2.75, 3.05) is 35.2 Å². The van der Waals surface area contributed by atoms with Gasteiger partial charge in [-0.1, -0.05) is 23.2 Å². The van der Waals surface area contributed by atoms with Crippen molar-refractivity contribution in [1.82, 2.24) is 0 Å². The third-order valence-electron chi connectivity index (χ3n) is 3.42. The molecule has 0 aliphatic carbocycles. The average molecular weight is 384 g/mol. The number of thiocarbonyl (C=S) groups is 1. The predicted octanol–water partition coefficient (Wildman–Crippen LogP) is 4.62. The molecule has 0 aliphatic rings. The van der Waals surface area contributed by atoms with Gasteiger partial charge in [0.1, 0.15) is 0 Å². The normalized spacial score (nSPS) is 10.3. The average Bonchev–Trinajstić information content (AvgIpc) is 2.57. The Kier molecular flexibility index (Phi) is 7.12. The molecule has 4 nitrogen and oxygen atoms in total. The highest BCUT2D eigenvalue weighted by molar-refractivity contribution is 7.80. The van der Waals surface area contributed by atoms with Gasteiger partial charge in [-0.3, -0.25) is 0 Å². The van der Waals surface area contributed by atoms with Crippen molar-refractivity contribution in [3.05, 3.63) is 52.5 Å². The molecule has 0 fully saturated rings. The molecule has 24 heavy (non-hydrogen) atoms. The number of aliphatic hydroxyl groups is 1. The molecule has 0 aromatic heterocycles. The van der Waals surface area contributed by atoms with E-state index >= 15 is 0 Å². The zero-order valence-corrected chi connectivity index (χ0v) is 15.5. The minimum absolute atomic E-state index is 0.130. The van der Waals surface area contributed by atoms with Gasteiger partial charge in [0, 0.05) is 30.2 Å². The molecule has 128 valence electrons. The van der Waals surface area contributed by atoms with E-state index in [2.05, 4.69) is 22.5 Å². The second-order valence-electron chi connectivity index (χ2n) is 5.06. The molecule has 2 rings (SSSR count). The van der Waals surface area contributed by atoms with Crippen molar-refractivity contribution in [2.45, 2.75) is 6.92 Å². The number of halogens is 2. The Balaban J connectivity index is 1.97. The largest absolute Gasteiger partial charge is 0.395 e. The van der Waals surface area contributed by atoms with Gasteiger partial charge in [-0.05, 0) is 61.6 Å². The Bertz CT molecular complexity index is 695. The number of anilines is 3. The van der Waals surface area contributed by atoms with E-state index < -0.39 is 0 Å². The fraction of sp³-hybridized carbons (Fsp3) is 0.235. The molecular formula is C17H19Cl2N3OS. The van der Waals surface area contributed by atoms with Gasteiger partial charge < -0.3 is 20.6 Å². The number of likely N-dealkylation sites (N-methyl/N-ethyl adjacent to an activating group) is 1. The lowest BCUT2D eigenvalue weighted by Gasteiger charge is -2.22. The lowest BCUT2D eigenvalue weighted by atomic mass is 10.2. The van der Waals surface area contributed by atoms with E-state index in [1.807, 2.05) is 24.3 Å². The second-order valence-corrected chi connectivity index (χ2v) is 6.28. The summed E-state index contributed by atoms with van der Waals surface area (Å²) in [5.41, 5.74) is 2.69. The molecule has 0 bridgehead atoms. The topological polar surface area (TPSA) is 47.5 Å². The van der Waals surface area contributed by atoms with Crippen LogP contribution in [0, 0.1) is 0 Å². The van der Waals surface area contributed by atoms with Crippen molar-refractivity contribution in [3.63, 3.8) is 0 Å². The summed E-state index contributed by atoms with van der Waals surface area (Å²) in [5, 5.41) is 16.7. The maximum atomic E-state index is 9.08. The maximum Gasteiger partial charge on any atom is 0.175 e. The number of nitrogens with zero attached hydrogens (tertiary/aromatic N) is 1. The predicted molar refractivity (Wildman–Crippen MR) is 108 cm³/mol. The molecule has 0 atom stereocenters. The van der Waals surface area contributed by atoms with Crippen LogP contribution >= 0.6 is 35.4 Å². The first-order valence-corrected chi connectivity index (χ1v) is 8.69. The third kappa shape index (κ3) is 5.24. The summed E-state index contributed by atoms with van der Waals surface area (Å²) >= 11 is 17.2. The molecule has 0 unspecified atom stereocenters. The molecule has 0 amide bonds. The van der Waals surface area contributed by atoms with E-state index in [-0.39, 0.29) is 6.61 Å². The summed E-state index contributed by atoms with van der Waals surface area (Å²) in [4.78, 5) is 2.09. The van der Waals surface area contributed by atoms with Gasteiger partial charge in [-0.2, -0.15) is 0 Å². The van der Waals surface area contributed by atoms with Gasteiger partial charge >= 0.3 is 0 Å². The summed E-state index contributed by atoms with van der Waals surface area (Å²) in [6.07, 6.45) is 0. The highest BCUT2D eigenvalue weighted by Crippen LogP contribution is 2.25. The van der Waals surface area contributed by atoms with Crippen molar-refractivity contribution < 1.29 is 5.11 Å². The standard InChI is InChI=1S/C17H19Cl2N3OS/c1-2-22(9-10-23)14-6-3-12(4-7-14)20-17(24)21-13-5-8-15(18)16(19)11-13/h3-8,11,23H,2,9-10H2,1H3,(H2,20,21,24). The van der Waals surface area contributed by atoms with Gasteiger partial charge in [-0.25, -0.2) is 0 Å². The number of hydrogen-bond donors (Lipinski definition) is 3. The first kappa shape index (κ1) is 18.8. The maximum absolute atomic E-state index is 9.08. The monoisotopic (exact) mass is 383 g/mol. The minimum Gasteiger partial charge on any atom is -0.395 e. The molecular weight excluding hydrogens is 365 g/mol. The fourth-order valence-corrected chi connectivity index (χ4v) is 2.75. The first-order chi connectivity index (χ1) is 11.5. The van der Waals surface area contributed by atoms with Crippen molar-refractivity contribution in [1.29, 1.82) is 0 Å². The SMILES string of the molecule is CCN(CCO)c1ccc(NC(=S)Nc2ccc(Cl)c(Cl)c2)cc1.